The summed E-state index contributed by atoms with van der Waals surface area (Å²) < 4.78 is 24.8. The molecule has 0 fully saturated rings. The van der Waals surface area contributed by atoms with E-state index >= 15 is 0 Å². The molecule has 1 heterocycles. The smallest absolute Gasteiger partial charge is 0.273 e. The summed E-state index contributed by atoms with van der Waals surface area (Å²) in [4.78, 5) is 16.5. The molecule has 0 radical (unpaired) electrons. The summed E-state index contributed by atoms with van der Waals surface area (Å²) >= 11 is 1.46. The minimum atomic E-state index is -3.80. The van der Waals surface area contributed by atoms with E-state index in [1.165, 1.54) is 28.2 Å². The van der Waals surface area contributed by atoms with Crippen LogP contribution in [0.2, 0.25) is 0 Å². The number of benzene rings is 1. The molecule has 3 rings (SSSR count). The van der Waals surface area contributed by atoms with Gasteiger partial charge in [0.15, 0.2) is 0 Å². The molecule has 1 aliphatic carbocycles. The van der Waals surface area contributed by atoms with Gasteiger partial charge < -0.3 is 0 Å². The number of sulfonamides is 1. The minimum absolute atomic E-state index is 0.167. The van der Waals surface area contributed by atoms with E-state index in [2.05, 4.69) is 10.3 Å². The van der Waals surface area contributed by atoms with E-state index in [1.807, 2.05) is 13.0 Å². The van der Waals surface area contributed by atoms with Crippen molar-refractivity contribution >= 4 is 27.3 Å². The zero-order valence-electron chi connectivity index (χ0n) is 14.4. The number of hydrogen-bond acceptors (Lipinski definition) is 4. The van der Waals surface area contributed by atoms with Gasteiger partial charge in [-0.1, -0.05) is 24.1 Å². The number of nitrogens with one attached hydrogen (secondary N) is 2. The van der Waals surface area contributed by atoms with Crippen LogP contribution in [0.4, 0.5) is 0 Å². The van der Waals surface area contributed by atoms with E-state index in [0.29, 0.717) is 10.4 Å². The summed E-state index contributed by atoms with van der Waals surface area (Å²) in [6, 6.07) is 6.98. The van der Waals surface area contributed by atoms with Gasteiger partial charge in [-0.3, -0.25) is 10.2 Å². The second kappa shape index (κ2) is 7.27. The minimum Gasteiger partial charge on any atom is -0.273 e. The third-order valence-electron chi connectivity index (χ3n) is 4.39. The first-order valence-corrected chi connectivity index (χ1v) is 10.7. The first kappa shape index (κ1) is 18.1. The van der Waals surface area contributed by atoms with Crippen LogP contribution in [0, 0.1) is 13.8 Å². The van der Waals surface area contributed by atoms with E-state index in [1.54, 1.807) is 25.1 Å². The van der Waals surface area contributed by atoms with E-state index in [9.17, 15) is 13.2 Å². The van der Waals surface area contributed by atoms with Crippen LogP contribution < -0.4 is 10.3 Å². The number of carbonyl (C=O) groups is 1. The molecular formula is C18H22N2O3S2. The summed E-state index contributed by atoms with van der Waals surface area (Å²) in [5.41, 5.74) is 5.19. The highest BCUT2D eigenvalue weighted by atomic mass is 32.2. The Balaban J connectivity index is 1.71. The molecule has 0 saturated heterocycles. The van der Waals surface area contributed by atoms with Crippen LogP contribution in [-0.2, 0) is 22.9 Å². The van der Waals surface area contributed by atoms with Gasteiger partial charge in [0.2, 0.25) is 0 Å². The maximum Gasteiger partial charge on any atom is 0.276 e. The Morgan fingerprint density at radius 2 is 1.84 bits per heavy atom. The lowest BCUT2D eigenvalue weighted by atomic mass is 10.1. The number of aryl methyl sites for hydroxylation is 4. The third kappa shape index (κ3) is 4.11. The molecule has 0 bridgehead atoms. The van der Waals surface area contributed by atoms with E-state index in [-0.39, 0.29) is 4.90 Å². The standard InChI is InChI=1S/C18H22N2O3S2/c1-12-8-9-17(13(2)10-12)25(22,23)20-19-18(21)16-11-14-6-4-3-5-7-15(14)24-16/h8-11,20H,3-7H2,1-2H3,(H,19,21). The summed E-state index contributed by atoms with van der Waals surface area (Å²) in [7, 11) is -3.80. The second-order valence-electron chi connectivity index (χ2n) is 6.45. The molecule has 0 aliphatic heterocycles. The zero-order valence-corrected chi connectivity index (χ0v) is 16.0. The van der Waals surface area contributed by atoms with Gasteiger partial charge in [-0.15, -0.1) is 16.2 Å². The van der Waals surface area contributed by atoms with Gasteiger partial charge >= 0.3 is 0 Å². The van der Waals surface area contributed by atoms with Gasteiger partial charge in [-0.2, -0.15) is 0 Å². The predicted octanol–water partition coefficient (Wildman–Crippen LogP) is 3.26. The van der Waals surface area contributed by atoms with Crippen LogP contribution in [0.1, 0.15) is 50.5 Å². The van der Waals surface area contributed by atoms with Crippen LogP contribution in [0.25, 0.3) is 0 Å². The van der Waals surface area contributed by atoms with Gasteiger partial charge in [0.25, 0.3) is 15.9 Å². The lowest BCUT2D eigenvalue weighted by Crippen LogP contribution is -2.41. The highest BCUT2D eigenvalue weighted by molar-refractivity contribution is 7.89. The van der Waals surface area contributed by atoms with Crippen molar-refractivity contribution in [3.63, 3.8) is 0 Å². The van der Waals surface area contributed by atoms with Crippen LogP contribution in [0.15, 0.2) is 29.2 Å². The molecule has 5 nitrogen and oxygen atoms in total. The number of amides is 1. The molecule has 2 N–H and O–H groups in total. The molecular weight excluding hydrogens is 356 g/mol. The fraction of sp³-hybridized carbons (Fsp3) is 0.389. The number of hydrogen-bond donors (Lipinski definition) is 2. The van der Waals surface area contributed by atoms with Gasteiger partial charge in [0.05, 0.1) is 9.77 Å². The molecule has 1 aromatic carbocycles. The second-order valence-corrected chi connectivity index (χ2v) is 9.24. The topological polar surface area (TPSA) is 75.3 Å². The Morgan fingerprint density at radius 3 is 2.60 bits per heavy atom. The highest BCUT2D eigenvalue weighted by Gasteiger charge is 2.20. The van der Waals surface area contributed by atoms with Crippen LogP contribution >= 0.6 is 11.3 Å². The quantitative estimate of drug-likeness (QED) is 0.633. The van der Waals surface area contributed by atoms with Gasteiger partial charge in [-0.25, -0.2) is 8.42 Å². The van der Waals surface area contributed by atoms with Crippen molar-refractivity contribution in [2.24, 2.45) is 0 Å². The Labute approximate surface area is 152 Å². The van der Waals surface area contributed by atoms with Crippen molar-refractivity contribution in [2.45, 2.75) is 50.8 Å². The van der Waals surface area contributed by atoms with Gasteiger partial charge in [0, 0.05) is 4.88 Å². The molecule has 2 aromatic rings. The molecule has 1 aromatic heterocycles. The number of carbonyl (C=O) groups excluding carboxylic acids is 1. The molecule has 0 atom stereocenters. The monoisotopic (exact) mass is 378 g/mol. The molecule has 0 spiro atoms. The Morgan fingerprint density at radius 1 is 1.08 bits per heavy atom. The normalized spacial score (nSPS) is 14.6. The number of rotatable bonds is 4. The summed E-state index contributed by atoms with van der Waals surface area (Å²) in [6.45, 7) is 3.64. The SMILES string of the molecule is Cc1ccc(S(=O)(=O)NNC(=O)c2cc3c(s2)CCCCC3)c(C)c1. The fourth-order valence-electron chi connectivity index (χ4n) is 3.11. The fourth-order valence-corrected chi connectivity index (χ4v) is 5.33. The predicted molar refractivity (Wildman–Crippen MR) is 99.3 cm³/mol. The van der Waals surface area contributed by atoms with E-state index in [4.69, 9.17) is 0 Å². The largest absolute Gasteiger partial charge is 0.276 e. The molecule has 7 heteroatoms. The lowest BCUT2D eigenvalue weighted by Gasteiger charge is -2.10. The lowest BCUT2D eigenvalue weighted by molar-refractivity contribution is 0.0949. The van der Waals surface area contributed by atoms with Crippen molar-refractivity contribution in [1.29, 1.82) is 0 Å². The molecule has 1 aliphatic rings. The average Bonchev–Trinajstić information content (AvgIpc) is 2.83. The average molecular weight is 379 g/mol. The van der Waals surface area contributed by atoms with Crippen molar-refractivity contribution in [3.05, 3.63) is 50.7 Å². The third-order valence-corrected chi connectivity index (χ3v) is 7.03. The van der Waals surface area contributed by atoms with Crippen LogP contribution in [0.3, 0.4) is 0 Å². The molecule has 25 heavy (non-hydrogen) atoms. The Hall–Kier alpha value is -1.70. The van der Waals surface area contributed by atoms with Gasteiger partial charge in [-0.05, 0) is 62.8 Å². The first-order valence-electron chi connectivity index (χ1n) is 8.38. The number of thiophene rings is 1. The van der Waals surface area contributed by atoms with Crippen molar-refractivity contribution in [3.8, 4) is 0 Å². The first-order chi connectivity index (χ1) is 11.9. The van der Waals surface area contributed by atoms with E-state index in [0.717, 1.165) is 31.2 Å². The van der Waals surface area contributed by atoms with Crippen LogP contribution in [-0.4, -0.2) is 14.3 Å². The van der Waals surface area contributed by atoms with Crippen molar-refractivity contribution < 1.29 is 13.2 Å². The summed E-state index contributed by atoms with van der Waals surface area (Å²) in [5.74, 6) is -0.411. The molecule has 0 unspecified atom stereocenters. The Bertz CT molecular complexity index is 878. The molecule has 1 amide bonds. The zero-order chi connectivity index (χ0) is 18.0. The molecule has 0 saturated carbocycles. The maximum absolute atomic E-state index is 12.4. The van der Waals surface area contributed by atoms with Gasteiger partial charge in [0.1, 0.15) is 0 Å². The number of hydrazine groups is 1. The van der Waals surface area contributed by atoms with Crippen molar-refractivity contribution in [1.82, 2.24) is 10.3 Å². The summed E-state index contributed by atoms with van der Waals surface area (Å²) in [6.07, 6.45) is 5.51. The highest BCUT2D eigenvalue weighted by Crippen LogP contribution is 2.28. The van der Waals surface area contributed by atoms with Crippen molar-refractivity contribution in [2.75, 3.05) is 0 Å². The van der Waals surface area contributed by atoms with Crippen LogP contribution in [0.5, 0.6) is 0 Å². The number of fused-ring (bicyclic) bond motifs is 1. The maximum atomic E-state index is 12.4. The Kier molecular flexibility index (Phi) is 5.27. The molecule has 134 valence electrons. The van der Waals surface area contributed by atoms with E-state index < -0.39 is 15.9 Å². The summed E-state index contributed by atoms with van der Waals surface area (Å²) in [5, 5.41) is 0.